The molecule has 3 N–H and O–H groups in total. The van der Waals surface area contributed by atoms with Gasteiger partial charge in [-0.25, -0.2) is 4.79 Å². The molecule has 0 heterocycles. The van der Waals surface area contributed by atoms with E-state index in [-0.39, 0.29) is 18.6 Å². The van der Waals surface area contributed by atoms with E-state index in [4.69, 9.17) is 25.8 Å². The maximum Gasteiger partial charge on any atom is 0.335 e. The Morgan fingerprint density at radius 3 is 1.60 bits per heavy atom. The van der Waals surface area contributed by atoms with Crippen LogP contribution in [0.4, 0.5) is 0 Å². The molecule has 0 aliphatic heterocycles. The van der Waals surface area contributed by atoms with Crippen LogP contribution in [0.5, 0.6) is 0 Å². The van der Waals surface area contributed by atoms with Crippen LogP contribution in [-0.4, -0.2) is 34.5 Å². The maximum atomic E-state index is 9.72. The molecule has 0 unspecified atom stereocenters. The molecule has 84 valence electrons. The monoisotopic (exact) mass is 214 g/mol. The summed E-state index contributed by atoms with van der Waals surface area (Å²) in [4.78, 5) is 9.72. The van der Waals surface area contributed by atoms with E-state index in [1.54, 1.807) is 13.8 Å². The number of nitrogens with zero attached hydrogens (tertiary/aromatic N) is 2. The molecule has 0 atom stereocenters. The minimum atomic E-state index is -1.52. The molecule has 0 fully saturated rings. The fourth-order valence-electron chi connectivity index (χ4n) is 0.189. The van der Waals surface area contributed by atoms with Crippen LogP contribution in [-0.2, 0) is 4.79 Å². The van der Waals surface area contributed by atoms with Crippen LogP contribution < -0.4 is 0 Å². The van der Waals surface area contributed by atoms with Gasteiger partial charge in [-0.1, -0.05) is 13.8 Å². The predicted molar refractivity (Wildman–Crippen MR) is 50.3 cm³/mol. The molecule has 0 bridgehead atoms. The lowest BCUT2D eigenvalue weighted by molar-refractivity contribution is -0.138. The van der Waals surface area contributed by atoms with Crippen molar-refractivity contribution in [2.45, 2.75) is 13.8 Å². The Morgan fingerprint density at radius 2 is 1.60 bits per heavy atom. The van der Waals surface area contributed by atoms with Crippen molar-refractivity contribution in [3.05, 3.63) is 0 Å². The second-order valence-corrected chi connectivity index (χ2v) is 3.51. The Labute approximate surface area is 88.0 Å². The van der Waals surface area contributed by atoms with Crippen LogP contribution in [0.15, 0.2) is 0 Å². The van der Waals surface area contributed by atoms with Crippen molar-refractivity contribution in [2.75, 3.05) is 13.2 Å². The van der Waals surface area contributed by atoms with Crippen molar-refractivity contribution in [3.8, 4) is 12.1 Å². The van der Waals surface area contributed by atoms with E-state index < -0.39 is 11.9 Å². The van der Waals surface area contributed by atoms with Gasteiger partial charge < -0.3 is 15.3 Å². The predicted octanol–water partition coefficient (Wildman–Crippen LogP) is -0.268. The van der Waals surface area contributed by atoms with Gasteiger partial charge in [0.25, 0.3) is 0 Å². The molecule has 0 aromatic carbocycles. The number of hydrogen-bond acceptors (Lipinski definition) is 5. The summed E-state index contributed by atoms with van der Waals surface area (Å²) in [6.07, 6.45) is 0. The molecular weight excluding hydrogens is 200 g/mol. The molecule has 0 aliphatic carbocycles. The van der Waals surface area contributed by atoms with Crippen molar-refractivity contribution in [3.63, 3.8) is 0 Å². The van der Waals surface area contributed by atoms with Gasteiger partial charge in [0.2, 0.25) is 5.92 Å². The number of carboxylic acid groups (broad SMARTS) is 1. The first-order valence-corrected chi connectivity index (χ1v) is 4.08. The summed E-state index contributed by atoms with van der Waals surface area (Å²) in [5.41, 5.74) is -0.306. The van der Waals surface area contributed by atoms with E-state index in [0.29, 0.717) is 0 Å². The lowest BCUT2D eigenvalue weighted by Gasteiger charge is -2.16. The van der Waals surface area contributed by atoms with Gasteiger partial charge >= 0.3 is 5.97 Å². The highest BCUT2D eigenvalue weighted by molar-refractivity contribution is 5.75. The summed E-state index contributed by atoms with van der Waals surface area (Å²) in [7, 11) is 0. The van der Waals surface area contributed by atoms with Crippen LogP contribution in [0.1, 0.15) is 13.8 Å². The van der Waals surface area contributed by atoms with Crippen molar-refractivity contribution in [1.82, 2.24) is 0 Å². The summed E-state index contributed by atoms with van der Waals surface area (Å²) < 4.78 is 0. The summed E-state index contributed by atoms with van der Waals surface area (Å²) in [5.74, 6) is -2.91. The minimum Gasteiger partial charge on any atom is -0.479 e. The minimum absolute atomic E-state index is 0.0451. The number of aliphatic carboxylic acids is 1. The fraction of sp³-hybridized carbons (Fsp3) is 0.667. The molecular formula is C9H14N2O4. The first kappa shape index (κ1) is 15.8. The smallest absolute Gasteiger partial charge is 0.335 e. The number of carboxylic acids is 1. The third-order valence-corrected chi connectivity index (χ3v) is 1.36. The normalized spacial score (nSPS) is 9.53. The molecule has 6 heteroatoms. The third-order valence-electron chi connectivity index (χ3n) is 1.36. The summed E-state index contributed by atoms with van der Waals surface area (Å²) in [5, 5.41) is 40.5. The van der Waals surface area contributed by atoms with E-state index in [0.717, 1.165) is 0 Å². The zero-order valence-corrected chi connectivity index (χ0v) is 8.64. The molecule has 15 heavy (non-hydrogen) atoms. The van der Waals surface area contributed by atoms with E-state index in [1.807, 2.05) is 0 Å². The highest BCUT2D eigenvalue weighted by Crippen LogP contribution is 2.10. The lowest BCUT2D eigenvalue weighted by atomic mass is 9.97. The molecule has 0 rings (SSSR count). The first-order valence-electron chi connectivity index (χ1n) is 4.08. The first-order chi connectivity index (χ1) is 6.84. The number of hydrogen-bond donors (Lipinski definition) is 3. The molecule has 0 saturated carbocycles. The van der Waals surface area contributed by atoms with Crippen molar-refractivity contribution < 1.29 is 20.1 Å². The quantitative estimate of drug-likeness (QED) is 0.593. The van der Waals surface area contributed by atoms with Crippen LogP contribution in [0.25, 0.3) is 0 Å². The molecule has 0 aliphatic rings. The zero-order chi connectivity index (χ0) is 12.5. The Balaban J connectivity index is 0. The molecule has 0 spiro atoms. The SMILES string of the molecule is CC(C)(CO)CO.N#CC(C#N)C(=O)O. The number of rotatable bonds is 3. The summed E-state index contributed by atoms with van der Waals surface area (Å²) >= 11 is 0. The van der Waals surface area contributed by atoms with Gasteiger partial charge in [-0.3, -0.25) is 0 Å². The summed E-state index contributed by atoms with van der Waals surface area (Å²) in [6.45, 7) is 3.69. The van der Waals surface area contributed by atoms with Gasteiger partial charge in [-0.05, 0) is 0 Å². The van der Waals surface area contributed by atoms with E-state index >= 15 is 0 Å². The van der Waals surface area contributed by atoms with Crippen LogP contribution in [0, 0.1) is 34.0 Å². The molecule has 0 saturated heterocycles. The number of aliphatic hydroxyl groups is 2. The lowest BCUT2D eigenvalue weighted by Crippen LogP contribution is -2.20. The average Bonchev–Trinajstić information content (AvgIpc) is 2.20. The largest absolute Gasteiger partial charge is 0.479 e. The Kier molecular flexibility index (Phi) is 8.17. The van der Waals surface area contributed by atoms with E-state index in [2.05, 4.69) is 0 Å². The Bertz CT molecular complexity index is 255. The van der Waals surface area contributed by atoms with Crippen LogP contribution >= 0.6 is 0 Å². The number of nitriles is 2. The van der Waals surface area contributed by atoms with Crippen LogP contribution in [0.2, 0.25) is 0 Å². The van der Waals surface area contributed by atoms with Crippen molar-refractivity contribution in [1.29, 1.82) is 10.5 Å². The highest BCUT2D eigenvalue weighted by atomic mass is 16.4. The Morgan fingerprint density at radius 1 is 1.27 bits per heavy atom. The van der Waals surface area contributed by atoms with Gasteiger partial charge in [0, 0.05) is 5.41 Å². The number of aliphatic hydroxyl groups excluding tert-OH is 2. The number of carbonyl (C=O) groups is 1. The van der Waals surface area contributed by atoms with Gasteiger partial charge in [-0.15, -0.1) is 0 Å². The standard InChI is InChI=1S/C5H12O2.C4H2N2O2/c1-5(2,3-6)4-7;5-1-3(2-6)4(7)8/h6-7H,3-4H2,1-2H3;3H,(H,7,8). The van der Waals surface area contributed by atoms with Gasteiger partial charge in [0.15, 0.2) is 0 Å². The molecule has 0 amide bonds. The maximum absolute atomic E-state index is 9.72. The second kappa shape index (κ2) is 7.74. The topological polar surface area (TPSA) is 125 Å². The Hall–Kier alpha value is -1.63. The van der Waals surface area contributed by atoms with Crippen molar-refractivity contribution >= 4 is 5.97 Å². The van der Waals surface area contributed by atoms with Gasteiger partial charge in [-0.2, -0.15) is 10.5 Å². The molecule has 6 nitrogen and oxygen atoms in total. The van der Waals surface area contributed by atoms with E-state index in [9.17, 15) is 4.79 Å². The van der Waals surface area contributed by atoms with Crippen molar-refractivity contribution in [2.24, 2.45) is 11.3 Å². The van der Waals surface area contributed by atoms with Crippen LogP contribution in [0.3, 0.4) is 0 Å². The fourth-order valence-corrected chi connectivity index (χ4v) is 0.189. The average molecular weight is 214 g/mol. The van der Waals surface area contributed by atoms with E-state index in [1.165, 1.54) is 12.1 Å². The third kappa shape index (κ3) is 8.69. The summed E-state index contributed by atoms with van der Waals surface area (Å²) in [6, 6.07) is 2.58. The zero-order valence-electron chi connectivity index (χ0n) is 8.64. The van der Waals surface area contributed by atoms with Gasteiger partial charge in [0.05, 0.1) is 25.4 Å². The second-order valence-electron chi connectivity index (χ2n) is 3.51. The van der Waals surface area contributed by atoms with Gasteiger partial charge in [0.1, 0.15) is 0 Å². The highest BCUT2D eigenvalue weighted by Gasteiger charge is 2.13. The molecule has 0 radical (unpaired) electrons. The molecule has 0 aromatic rings. The molecule has 0 aromatic heterocycles.